The van der Waals surface area contributed by atoms with Crippen LogP contribution in [0, 0.1) is 13.8 Å². The molecule has 0 saturated carbocycles. The second-order valence-corrected chi connectivity index (χ2v) is 6.71. The Hall–Kier alpha value is -2.43. The zero-order valence-corrected chi connectivity index (χ0v) is 14.9. The number of hydrogen-bond acceptors (Lipinski definition) is 4. The van der Waals surface area contributed by atoms with Gasteiger partial charge in [-0.05, 0) is 57.4 Å². The summed E-state index contributed by atoms with van der Waals surface area (Å²) in [6.07, 6.45) is 0.755. The molecule has 2 atom stereocenters. The van der Waals surface area contributed by atoms with Crippen molar-refractivity contribution in [3.8, 4) is 0 Å². The number of carbonyl (C=O) groups is 1. The number of aliphatic imine (C=N–C) groups is 2. The molecule has 0 bridgehead atoms. The largest absolute Gasteiger partial charge is 0.350 e. The lowest BCUT2D eigenvalue weighted by molar-refractivity contribution is -0.112. The van der Waals surface area contributed by atoms with Gasteiger partial charge in [0.1, 0.15) is 0 Å². The van der Waals surface area contributed by atoms with Crippen LogP contribution in [0.4, 0.5) is 11.4 Å². The number of fused-ring (bicyclic) bond motifs is 1. The number of hydrogen-bond donors (Lipinski definition) is 2. The van der Waals surface area contributed by atoms with Gasteiger partial charge in [-0.3, -0.25) is 14.8 Å². The quantitative estimate of drug-likeness (QED) is 0.819. The maximum absolute atomic E-state index is 11.9. The van der Waals surface area contributed by atoms with Gasteiger partial charge in [0, 0.05) is 17.8 Å². The monoisotopic (exact) mass is 324 g/mol. The molecule has 5 heteroatoms. The highest BCUT2D eigenvalue weighted by molar-refractivity contribution is 6.11. The molecular formula is C19H24N4O. The van der Waals surface area contributed by atoms with Crippen molar-refractivity contribution >= 4 is 28.7 Å². The van der Waals surface area contributed by atoms with Crippen molar-refractivity contribution in [2.24, 2.45) is 9.98 Å². The SMILES string of the molecule is C=C1Nc2c(cc(C)c(C)c2CC2N=C(C)C(C)N=C2C)NC1=O. The minimum Gasteiger partial charge on any atom is -0.350 e. The molecule has 126 valence electrons. The molecule has 2 heterocycles. The molecule has 0 fully saturated rings. The van der Waals surface area contributed by atoms with E-state index in [1.165, 1.54) is 5.56 Å². The molecule has 1 amide bonds. The Labute approximate surface area is 143 Å². The third kappa shape index (κ3) is 2.75. The predicted octanol–water partition coefficient (Wildman–Crippen LogP) is 3.42. The van der Waals surface area contributed by atoms with Gasteiger partial charge in [-0.2, -0.15) is 0 Å². The number of anilines is 2. The van der Waals surface area contributed by atoms with Crippen LogP contribution in [0.5, 0.6) is 0 Å². The molecule has 0 saturated heterocycles. The normalized spacial score (nSPS) is 23.0. The lowest BCUT2D eigenvalue weighted by Crippen LogP contribution is -2.31. The van der Waals surface area contributed by atoms with E-state index >= 15 is 0 Å². The molecule has 2 N–H and O–H groups in total. The maximum atomic E-state index is 11.9. The van der Waals surface area contributed by atoms with Crippen LogP contribution in [0.2, 0.25) is 0 Å². The van der Waals surface area contributed by atoms with Crippen LogP contribution in [0.15, 0.2) is 28.3 Å². The Kier molecular flexibility index (Phi) is 4.03. The molecule has 2 aliphatic rings. The van der Waals surface area contributed by atoms with Crippen LogP contribution in [-0.2, 0) is 11.2 Å². The first-order valence-electron chi connectivity index (χ1n) is 8.27. The Morgan fingerprint density at radius 3 is 2.54 bits per heavy atom. The van der Waals surface area contributed by atoms with Crippen molar-refractivity contribution in [2.45, 2.75) is 53.1 Å². The molecule has 0 radical (unpaired) electrons. The molecular weight excluding hydrogens is 300 g/mol. The van der Waals surface area contributed by atoms with Gasteiger partial charge >= 0.3 is 0 Å². The minimum absolute atomic E-state index is 0.0403. The van der Waals surface area contributed by atoms with Crippen LogP contribution in [0.1, 0.15) is 37.5 Å². The van der Waals surface area contributed by atoms with E-state index in [2.05, 4.69) is 38.0 Å². The van der Waals surface area contributed by atoms with E-state index in [4.69, 9.17) is 9.98 Å². The molecule has 0 spiro atoms. The highest BCUT2D eigenvalue weighted by Gasteiger charge is 2.26. The Morgan fingerprint density at radius 1 is 1.12 bits per heavy atom. The van der Waals surface area contributed by atoms with E-state index in [0.29, 0.717) is 5.70 Å². The van der Waals surface area contributed by atoms with E-state index in [1.807, 2.05) is 19.9 Å². The average molecular weight is 324 g/mol. The van der Waals surface area contributed by atoms with E-state index in [-0.39, 0.29) is 18.0 Å². The number of carbonyl (C=O) groups excluding carboxylic acids is 1. The van der Waals surface area contributed by atoms with E-state index < -0.39 is 0 Å². The number of benzene rings is 1. The fourth-order valence-corrected chi connectivity index (χ4v) is 3.21. The smallest absolute Gasteiger partial charge is 0.271 e. The van der Waals surface area contributed by atoms with Crippen LogP contribution >= 0.6 is 0 Å². The molecule has 5 nitrogen and oxygen atoms in total. The van der Waals surface area contributed by atoms with Gasteiger partial charge < -0.3 is 10.6 Å². The van der Waals surface area contributed by atoms with Gasteiger partial charge in [0.2, 0.25) is 0 Å². The third-order valence-corrected chi connectivity index (χ3v) is 5.02. The zero-order valence-electron chi connectivity index (χ0n) is 14.9. The highest BCUT2D eigenvalue weighted by atomic mass is 16.2. The molecule has 1 aromatic rings. The van der Waals surface area contributed by atoms with Crippen molar-refractivity contribution in [1.82, 2.24) is 0 Å². The molecule has 0 aromatic heterocycles. The number of rotatable bonds is 2. The van der Waals surface area contributed by atoms with Gasteiger partial charge in [0.15, 0.2) is 0 Å². The summed E-state index contributed by atoms with van der Waals surface area (Å²) < 4.78 is 0. The van der Waals surface area contributed by atoms with Crippen LogP contribution in [-0.4, -0.2) is 29.4 Å². The summed E-state index contributed by atoms with van der Waals surface area (Å²) >= 11 is 0. The first kappa shape index (κ1) is 16.4. The number of nitrogens with zero attached hydrogens (tertiary/aromatic N) is 2. The summed E-state index contributed by atoms with van der Waals surface area (Å²) in [6, 6.07) is 2.20. The Morgan fingerprint density at radius 2 is 1.83 bits per heavy atom. The topological polar surface area (TPSA) is 65.8 Å². The second kappa shape index (κ2) is 5.89. The van der Waals surface area contributed by atoms with Crippen LogP contribution in [0.3, 0.4) is 0 Å². The van der Waals surface area contributed by atoms with Crippen molar-refractivity contribution in [1.29, 1.82) is 0 Å². The first-order chi connectivity index (χ1) is 11.3. The van der Waals surface area contributed by atoms with Crippen molar-refractivity contribution in [3.05, 3.63) is 35.0 Å². The maximum Gasteiger partial charge on any atom is 0.271 e. The Balaban J connectivity index is 2.04. The predicted molar refractivity (Wildman–Crippen MR) is 100 cm³/mol. The number of amides is 1. The molecule has 1 aromatic carbocycles. The molecule has 3 rings (SSSR count). The molecule has 24 heavy (non-hydrogen) atoms. The van der Waals surface area contributed by atoms with E-state index in [1.54, 1.807) is 0 Å². The van der Waals surface area contributed by atoms with Gasteiger partial charge in [0.05, 0.1) is 29.2 Å². The van der Waals surface area contributed by atoms with Crippen molar-refractivity contribution in [2.75, 3.05) is 10.6 Å². The Bertz CT molecular complexity index is 804. The van der Waals surface area contributed by atoms with Gasteiger partial charge in [0.25, 0.3) is 5.91 Å². The summed E-state index contributed by atoms with van der Waals surface area (Å²) in [5, 5.41) is 6.09. The fraction of sp³-hybridized carbons (Fsp3) is 0.421. The number of nitrogens with one attached hydrogen (secondary N) is 2. The van der Waals surface area contributed by atoms with Crippen LogP contribution in [0.25, 0.3) is 0 Å². The summed E-state index contributed by atoms with van der Waals surface area (Å²) in [7, 11) is 0. The van der Waals surface area contributed by atoms with Gasteiger partial charge in [-0.1, -0.05) is 6.58 Å². The standard InChI is InChI=1S/C19H24N4O/c1-9-7-17-18(22-14(6)19(24)23-17)15(10(9)2)8-16-13(5)20-11(3)12(4)21-16/h7,11,16,22H,6,8H2,1-5H3,(H,23,24). The summed E-state index contributed by atoms with van der Waals surface area (Å²) in [5.41, 5.74) is 7.76. The van der Waals surface area contributed by atoms with Gasteiger partial charge in [-0.15, -0.1) is 0 Å². The summed E-state index contributed by atoms with van der Waals surface area (Å²) in [4.78, 5) is 21.4. The highest BCUT2D eigenvalue weighted by Crippen LogP contribution is 2.36. The van der Waals surface area contributed by atoms with Crippen LogP contribution < -0.4 is 10.6 Å². The number of aryl methyl sites for hydroxylation is 1. The van der Waals surface area contributed by atoms with Crippen molar-refractivity contribution < 1.29 is 4.79 Å². The molecule has 2 aliphatic heterocycles. The fourth-order valence-electron chi connectivity index (χ4n) is 3.21. The summed E-state index contributed by atoms with van der Waals surface area (Å²) in [6.45, 7) is 14.1. The van der Waals surface area contributed by atoms with Crippen molar-refractivity contribution in [3.63, 3.8) is 0 Å². The second-order valence-electron chi connectivity index (χ2n) is 6.71. The van der Waals surface area contributed by atoms with E-state index in [9.17, 15) is 4.79 Å². The lowest BCUT2D eigenvalue weighted by Gasteiger charge is -2.28. The first-order valence-corrected chi connectivity index (χ1v) is 8.27. The average Bonchev–Trinajstić information content (AvgIpc) is 2.51. The minimum atomic E-state index is -0.185. The third-order valence-electron chi connectivity index (χ3n) is 5.02. The van der Waals surface area contributed by atoms with E-state index in [0.717, 1.165) is 40.3 Å². The van der Waals surface area contributed by atoms with Gasteiger partial charge in [-0.25, -0.2) is 0 Å². The molecule has 2 unspecified atom stereocenters. The molecule has 0 aliphatic carbocycles. The summed E-state index contributed by atoms with van der Waals surface area (Å²) in [5.74, 6) is -0.185. The lowest BCUT2D eigenvalue weighted by atomic mass is 9.91. The zero-order chi connectivity index (χ0) is 17.6.